The first-order valence-corrected chi connectivity index (χ1v) is 6.20. The standard InChI is InChI=1S/C12H17N5O/c1-16-9-10(8-13)11(15-16)14-12(18)17-6-4-2-3-5-7-17/h9H,2-7H2,1H3,(H,14,15,18). The van der Waals surface area contributed by atoms with Crippen molar-refractivity contribution in [3.8, 4) is 6.07 Å². The summed E-state index contributed by atoms with van der Waals surface area (Å²) in [4.78, 5) is 13.8. The Balaban J connectivity index is 2.03. The van der Waals surface area contributed by atoms with E-state index in [1.165, 1.54) is 17.5 Å². The molecule has 1 aliphatic heterocycles. The van der Waals surface area contributed by atoms with Crippen LogP contribution in [0.25, 0.3) is 0 Å². The molecule has 0 bridgehead atoms. The average molecular weight is 247 g/mol. The van der Waals surface area contributed by atoms with Gasteiger partial charge in [0.1, 0.15) is 11.6 Å². The molecule has 1 aromatic rings. The highest BCUT2D eigenvalue weighted by molar-refractivity contribution is 5.89. The zero-order chi connectivity index (χ0) is 13.0. The van der Waals surface area contributed by atoms with Crippen molar-refractivity contribution in [2.45, 2.75) is 25.7 Å². The minimum atomic E-state index is -0.160. The average Bonchev–Trinajstić information content (AvgIpc) is 2.58. The van der Waals surface area contributed by atoms with E-state index in [0.717, 1.165) is 25.9 Å². The van der Waals surface area contributed by atoms with E-state index in [0.29, 0.717) is 11.4 Å². The van der Waals surface area contributed by atoms with Crippen molar-refractivity contribution in [3.05, 3.63) is 11.8 Å². The van der Waals surface area contributed by atoms with Crippen LogP contribution in [0.3, 0.4) is 0 Å². The van der Waals surface area contributed by atoms with Gasteiger partial charge < -0.3 is 4.90 Å². The number of nitriles is 1. The Labute approximate surface area is 106 Å². The van der Waals surface area contributed by atoms with E-state index >= 15 is 0 Å². The Morgan fingerprint density at radius 3 is 2.67 bits per heavy atom. The highest BCUT2D eigenvalue weighted by atomic mass is 16.2. The largest absolute Gasteiger partial charge is 0.324 e. The first-order valence-electron chi connectivity index (χ1n) is 6.20. The van der Waals surface area contributed by atoms with Crippen LogP contribution in [-0.4, -0.2) is 33.8 Å². The normalized spacial score (nSPS) is 15.9. The summed E-state index contributed by atoms with van der Waals surface area (Å²) in [5.74, 6) is 0.342. The van der Waals surface area contributed by atoms with Crippen molar-refractivity contribution in [2.24, 2.45) is 7.05 Å². The van der Waals surface area contributed by atoms with E-state index in [2.05, 4.69) is 10.4 Å². The summed E-state index contributed by atoms with van der Waals surface area (Å²) in [6.07, 6.45) is 6.03. The Hall–Kier alpha value is -2.03. The third-order valence-corrected chi connectivity index (χ3v) is 3.07. The van der Waals surface area contributed by atoms with E-state index in [-0.39, 0.29) is 6.03 Å². The van der Waals surface area contributed by atoms with E-state index < -0.39 is 0 Å². The van der Waals surface area contributed by atoms with Crippen LogP contribution < -0.4 is 5.32 Å². The van der Waals surface area contributed by atoms with Crippen LogP contribution in [-0.2, 0) is 7.05 Å². The molecule has 18 heavy (non-hydrogen) atoms. The molecule has 1 aromatic heterocycles. The lowest BCUT2D eigenvalue weighted by atomic mass is 10.2. The molecule has 96 valence electrons. The van der Waals surface area contributed by atoms with Crippen molar-refractivity contribution in [3.63, 3.8) is 0 Å². The third kappa shape index (κ3) is 2.80. The van der Waals surface area contributed by atoms with Gasteiger partial charge in [-0.1, -0.05) is 12.8 Å². The number of rotatable bonds is 1. The van der Waals surface area contributed by atoms with E-state index in [9.17, 15) is 4.79 Å². The molecule has 1 saturated heterocycles. The topological polar surface area (TPSA) is 74.0 Å². The predicted molar refractivity (Wildman–Crippen MR) is 67.0 cm³/mol. The molecular formula is C12H17N5O. The second kappa shape index (κ2) is 5.54. The lowest BCUT2D eigenvalue weighted by Crippen LogP contribution is -2.35. The van der Waals surface area contributed by atoms with E-state index in [1.807, 2.05) is 6.07 Å². The highest BCUT2D eigenvalue weighted by Crippen LogP contribution is 2.14. The molecule has 0 unspecified atom stereocenters. The Morgan fingerprint density at radius 1 is 1.39 bits per heavy atom. The first-order chi connectivity index (χ1) is 8.70. The van der Waals surface area contributed by atoms with Gasteiger partial charge in [0.15, 0.2) is 5.82 Å². The van der Waals surface area contributed by atoms with Gasteiger partial charge in [0.2, 0.25) is 0 Å². The highest BCUT2D eigenvalue weighted by Gasteiger charge is 2.18. The molecule has 0 atom stereocenters. The SMILES string of the molecule is Cn1cc(C#N)c(NC(=O)N2CCCCCC2)n1. The lowest BCUT2D eigenvalue weighted by molar-refractivity contribution is 0.213. The summed E-state index contributed by atoms with van der Waals surface area (Å²) in [5, 5.41) is 15.7. The summed E-state index contributed by atoms with van der Waals surface area (Å²) in [6, 6.07) is 1.86. The fourth-order valence-corrected chi connectivity index (χ4v) is 2.12. The number of anilines is 1. The Bertz CT molecular complexity index is 465. The maximum Gasteiger partial charge on any atom is 0.323 e. The Kier molecular flexibility index (Phi) is 3.82. The molecule has 1 N–H and O–H groups in total. The summed E-state index contributed by atoms with van der Waals surface area (Å²) >= 11 is 0. The van der Waals surface area contributed by atoms with Crippen molar-refractivity contribution in [1.82, 2.24) is 14.7 Å². The quantitative estimate of drug-likeness (QED) is 0.820. The van der Waals surface area contributed by atoms with Gasteiger partial charge in [-0.05, 0) is 12.8 Å². The molecular weight excluding hydrogens is 230 g/mol. The molecule has 1 aliphatic rings. The number of aryl methyl sites for hydroxylation is 1. The van der Waals surface area contributed by atoms with Crippen LogP contribution in [0, 0.1) is 11.3 Å². The minimum Gasteiger partial charge on any atom is -0.324 e. The van der Waals surface area contributed by atoms with Gasteiger partial charge in [-0.2, -0.15) is 10.4 Å². The van der Waals surface area contributed by atoms with Gasteiger partial charge in [0.25, 0.3) is 0 Å². The molecule has 2 amide bonds. The van der Waals surface area contributed by atoms with Crippen LogP contribution in [0.4, 0.5) is 10.6 Å². The first kappa shape index (κ1) is 12.4. The van der Waals surface area contributed by atoms with Gasteiger partial charge >= 0.3 is 6.03 Å². The van der Waals surface area contributed by atoms with Gasteiger partial charge in [-0.3, -0.25) is 10.00 Å². The maximum atomic E-state index is 12.1. The van der Waals surface area contributed by atoms with E-state index in [4.69, 9.17) is 5.26 Å². The molecule has 2 rings (SSSR count). The number of nitrogens with zero attached hydrogens (tertiary/aromatic N) is 4. The predicted octanol–water partition coefficient (Wildman–Crippen LogP) is 1.70. The number of hydrogen-bond donors (Lipinski definition) is 1. The summed E-state index contributed by atoms with van der Waals surface area (Å²) < 4.78 is 1.52. The van der Waals surface area contributed by atoms with Crippen molar-refractivity contribution >= 4 is 11.8 Å². The van der Waals surface area contributed by atoms with Crippen LogP contribution in [0.15, 0.2) is 6.20 Å². The van der Waals surface area contributed by atoms with Crippen molar-refractivity contribution < 1.29 is 4.79 Å². The lowest BCUT2D eigenvalue weighted by Gasteiger charge is -2.19. The number of urea groups is 1. The monoisotopic (exact) mass is 247 g/mol. The number of amides is 2. The summed E-state index contributed by atoms with van der Waals surface area (Å²) in [7, 11) is 1.72. The van der Waals surface area contributed by atoms with Crippen LogP contribution >= 0.6 is 0 Å². The Morgan fingerprint density at radius 2 is 2.06 bits per heavy atom. The smallest absolute Gasteiger partial charge is 0.323 e. The molecule has 2 heterocycles. The molecule has 6 nitrogen and oxygen atoms in total. The molecule has 0 spiro atoms. The van der Waals surface area contributed by atoms with E-state index in [1.54, 1.807) is 18.1 Å². The van der Waals surface area contributed by atoms with Gasteiger partial charge in [0.05, 0.1) is 0 Å². The molecule has 0 aromatic carbocycles. The molecule has 0 saturated carbocycles. The minimum absolute atomic E-state index is 0.160. The van der Waals surface area contributed by atoms with Gasteiger partial charge in [-0.15, -0.1) is 0 Å². The number of carbonyl (C=O) groups is 1. The summed E-state index contributed by atoms with van der Waals surface area (Å²) in [6.45, 7) is 1.56. The third-order valence-electron chi connectivity index (χ3n) is 3.07. The van der Waals surface area contributed by atoms with Crippen LogP contribution in [0.5, 0.6) is 0 Å². The van der Waals surface area contributed by atoms with Crippen LogP contribution in [0.2, 0.25) is 0 Å². The molecule has 6 heteroatoms. The fraction of sp³-hybridized carbons (Fsp3) is 0.583. The van der Waals surface area contributed by atoms with Crippen LogP contribution in [0.1, 0.15) is 31.2 Å². The second-order valence-electron chi connectivity index (χ2n) is 4.51. The van der Waals surface area contributed by atoms with Gasteiger partial charge in [-0.25, -0.2) is 4.79 Å². The number of aromatic nitrogens is 2. The van der Waals surface area contributed by atoms with Crippen molar-refractivity contribution in [1.29, 1.82) is 5.26 Å². The van der Waals surface area contributed by atoms with Gasteiger partial charge in [0, 0.05) is 26.3 Å². The zero-order valence-corrected chi connectivity index (χ0v) is 10.5. The molecule has 0 radical (unpaired) electrons. The number of likely N-dealkylation sites (tertiary alicyclic amines) is 1. The number of hydrogen-bond acceptors (Lipinski definition) is 3. The number of nitrogens with one attached hydrogen (secondary N) is 1. The maximum absolute atomic E-state index is 12.1. The second-order valence-corrected chi connectivity index (χ2v) is 4.51. The fourth-order valence-electron chi connectivity index (χ4n) is 2.12. The summed E-state index contributed by atoms with van der Waals surface area (Å²) in [5.41, 5.74) is 0.390. The number of carbonyl (C=O) groups excluding carboxylic acids is 1. The van der Waals surface area contributed by atoms with Crippen molar-refractivity contribution in [2.75, 3.05) is 18.4 Å². The zero-order valence-electron chi connectivity index (χ0n) is 10.5. The molecule has 1 fully saturated rings. The molecule has 0 aliphatic carbocycles.